The minimum atomic E-state index is -3.41. The van der Waals surface area contributed by atoms with E-state index in [1.165, 1.54) is 13.8 Å². The van der Waals surface area contributed by atoms with E-state index in [0.717, 1.165) is 0 Å². The SMILES string of the molecule is CCS(=O)(=O)C(Br)(Br)C(C)=O. The van der Waals surface area contributed by atoms with E-state index >= 15 is 0 Å². The van der Waals surface area contributed by atoms with Crippen molar-refractivity contribution in [3.63, 3.8) is 0 Å². The molecule has 0 unspecified atom stereocenters. The highest BCUT2D eigenvalue weighted by Crippen LogP contribution is 2.34. The fourth-order valence-electron chi connectivity index (χ4n) is 0.400. The van der Waals surface area contributed by atoms with Gasteiger partial charge in [-0.3, -0.25) is 4.79 Å². The first kappa shape index (κ1) is 11.6. The maximum Gasteiger partial charge on any atom is 0.238 e. The molecule has 0 aliphatic rings. The molecule has 0 aromatic carbocycles. The molecule has 66 valence electrons. The highest BCUT2D eigenvalue weighted by molar-refractivity contribution is 9.28. The quantitative estimate of drug-likeness (QED) is 0.742. The molecule has 0 radical (unpaired) electrons. The molecule has 0 atom stereocenters. The number of halogens is 2. The van der Waals surface area contributed by atoms with Gasteiger partial charge in [-0.05, 0) is 38.8 Å². The number of ketones is 1. The molecule has 0 heterocycles. The number of carbonyl (C=O) groups is 1. The van der Waals surface area contributed by atoms with Crippen LogP contribution in [0.5, 0.6) is 0 Å². The van der Waals surface area contributed by atoms with Crippen LogP contribution in [0.25, 0.3) is 0 Å². The highest BCUT2D eigenvalue weighted by Gasteiger charge is 2.41. The van der Waals surface area contributed by atoms with Crippen molar-refractivity contribution in [2.45, 2.75) is 16.4 Å². The van der Waals surface area contributed by atoms with Crippen LogP contribution in [-0.2, 0) is 14.6 Å². The normalized spacial score (nSPS) is 13.1. The topological polar surface area (TPSA) is 51.2 Å². The van der Waals surface area contributed by atoms with E-state index in [1.54, 1.807) is 0 Å². The lowest BCUT2D eigenvalue weighted by atomic mass is 10.5. The zero-order chi connectivity index (χ0) is 9.28. The number of rotatable bonds is 3. The van der Waals surface area contributed by atoms with E-state index in [4.69, 9.17) is 0 Å². The fourth-order valence-corrected chi connectivity index (χ4v) is 2.57. The maximum absolute atomic E-state index is 11.1. The third-order valence-corrected chi connectivity index (χ3v) is 7.09. The van der Waals surface area contributed by atoms with Crippen LogP contribution in [0, 0.1) is 0 Å². The highest BCUT2D eigenvalue weighted by atomic mass is 79.9. The van der Waals surface area contributed by atoms with Crippen molar-refractivity contribution in [2.24, 2.45) is 0 Å². The second kappa shape index (κ2) is 3.53. The van der Waals surface area contributed by atoms with Gasteiger partial charge < -0.3 is 0 Å². The molecule has 0 N–H and O–H groups in total. The Morgan fingerprint density at radius 2 is 1.82 bits per heavy atom. The predicted octanol–water partition coefficient (Wildman–Crippen LogP) is 1.45. The number of carbonyl (C=O) groups excluding carboxylic acids is 1. The summed E-state index contributed by atoms with van der Waals surface area (Å²) in [5, 5.41) is 0. The van der Waals surface area contributed by atoms with Crippen molar-refractivity contribution in [2.75, 3.05) is 5.75 Å². The number of Topliss-reactive ketones (excluding diaryl/α,β-unsaturated/α-hetero) is 1. The zero-order valence-corrected chi connectivity index (χ0v) is 10.1. The summed E-state index contributed by atoms with van der Waals surface area (Å²) >= 11 is 5.61. The average molecular weight is 308 g/mol. The van der Waals surface area contributed by atoms with Crippen LogP contribution in [0.2, 0.25) is 0 Å². The molecule has 0 saturated carbocycles. The Kier molecular flexibility index (Phi) is 3.72. The van der Waals surface area contributed by atoms with Crippen molar-refractivity contribution in [3.8, 4) is 0 Å². The first-order valence-corrected chi connectivity index (χ1v) is 6.10. The molecule has 0 aromatic rings. The summed E-state index contributed by atoms with van der Waals surface area (Å²) in [6.45, 7) is 2.69. The van der Waals surface area contributed by atoms with Gasteiger partial charge >= 0.3 is 0 Å². The Balaban J connectivity index is 5.01. The molecule has 0 spiro atoms. The molecule has 0 rings (SSSR count). The second-order valence-corrected chi connectivity index (χ2v) is 8.89. The number of sulfone groups is 1. The molecule has 6 heteroatoms. The fraction of sp³-hybridized carbons (Fsp3) is 0.800. The largest absolute Gasteiger partial charge is 0.296 e. The lowest BCUT2D eigenvalue weighted by molar-refractivity contribution is -0.115. The Morgan fingerprint density at radius 1 is 1.45 bits per heavy atom. The summed E-state index contributed by atoms with van der Waals surface area (Å²) in [5.74, 6) is -0.553. The Hall–Kier alpha value is 0.580. The molecule has 11 heavy (non-hydrogen) atoms. The van der Waals surface area contributed by atoms with Gasteiger partial charge in [0, 0.05) is 0 Å². The molecular formula is C5H8Br2O3S. The first-order valence-electron chi connectivity index (χ1n) is 2.87. The molecule has 0 aliphatic carbocycles. The van der Waals surface area contributed by atoms with Crippen LogP contribution in [0.1, 0.15) is 13.8 Å². The molecule has 0 saturated heterocycles. The molecule has 0 aromatic heterocycles. The van der Waals surface area contributed by atoms with Gasteiger partial charge in [-0.15, -0.1) is 0 Å². The van der Waals surface area contributed by atoms with E-state index in [-0.39, 0.29) is 5.75 Å². The lowest BCUT2D eigenvalue weighted by Crippen LogP contribution is -2.33. The third-order valence-electron chi connectivity index (χ3n) is 1.18. The smallest absolute Gasteiger partial charge is 0.238 e. The molecule has 0 fully saturated rings. The minimum Gasteiger partial charge on any atom is -0.296 e. The minimum absolute atomic E-state index is 0.0803. The van der Waals surface area contributed by atoms with Gasteiger partial charge in [0.1, 0.15) is 0 Å². The molecule has 3 nitrogen and oxygen atoms in total. The van der Waals surface area contributed by atoms with Crippen LogP contribution in [-0.4, -0.2) is 22.5 Å². The lowest BCUT2D eigenvalue weighted by Gasteiger charge is -2.15. The summed E-state index contributed by atoms with van der Waals surface area (Å²) in [7, 11) is -3.41. The van der Waals surface area contributed by atoms with Gasteiger partial charge in [0.25, 0.3) is 0 Å². The second-order valence-electron chi connectivity index (χ2n) is 1.98. The number of hydrogen-bond acceptors (Lipinski definition) is 3. The Bertz CT molecular complexity index is 255. The summed E-state index contributed by atoms with van der Waals surface area (Å²) in [5.41, 5.74) is 0. The summed E-state index contributed by atoms with van der Waals surface area (Å²) in [6.07, 6.45) is 0. The van der Waals surface area contributed by atoms with Crippen LogP contribution < -0.4 is 0 Å². The van der Waals surface area contributed by atoms with Crippen LogP contribution >= 0.6 is 31.9 Å². The standard InChI is InChI=1S/C5H8Br2O3S/c1-3-11(9,10)5(6,7)4(2)8/h3H2,1-2H3. The first-order chi connectivity index (χ1) is 4.75. The Labute approximate surface area is 82.7 Å². The molecular weight excluding hydrogens is 300 g/mol. The van der Waals surface area contributed by atoms with E-state index in [2.05, 4.69) is 31.9 Å². The van der Waals surface area contributed by atoms with E-state index in [9.17, 15) is 13.2 Å². The van der Waals surface area contributed by atoms with Gasteiger partial charge in [0.05, 0.1) is 5.75 Å². The van der Waals surface area contributed by atoms with Crippen molar-refractivity contribution in [1.29, 1.82) is 0 Å². The van der Waals surface area contributed by atoms with Crippen molar-refractivity contribution in [3.05, 3.63) is 0 Å². The summed E-state index contributed by atoms with van der Waals surface area (Å²) in [4.78, 5) is 10.8. The molecule has 0 aliphatic heterocycles. The van der Waals surface area contributed by atoms with Gasteiger partial charge in [-0.2, -0.15) is 0 Å². The summed E-state index contributed by atoms with van der Waals surface area (Å²) in [6, 6.07) is 0. The molecule has 0 bridgehead atoms. The van der Waals surface area contributed by atoms with Crippen molar-refractivity contribution in [1.82, 2.24) is 0 Å². The monoisotopic (exact) mass is 306 g/mol. The number of hydrogen-bond donors (Lipinski definition) is 0. The van der Waals surface area contributed by atoms with E-state index < -0.39 is 18.2 Å². The van der Waals surface area contributed by atoms with Crippen molar-refractivity contribution >= 4 is 47.5 Å². The van der Waals surface area contributed by atoms with Crippen LogP contribution in [0.3, 0.4) is 0 Å². The van der Waals surface area contributed by atoms with Gasteiger partial charge in [-0.1, -0.05) is 6.92 Å². The van der Waals surface area contributed by atoms with Gasteiger partial charge in [0.2, 0.25) is 2.57 Å². The third kappa shape index (κ3) is 2.26. The van der Waals surface area contributed by atoms with E-state index in [0.29, 0.717) is 0 Å². The zero-order valence-electron chi connectivity index (χ0n) is 6.10. The van der Waals surface area contributed by atoms with E-state index in [1.807, 2.05) is 0 Å². The summed E-state index contributed by atoms with van der Waals surface area (Å²) < 4.78 is 20.7. The van der Waals surface area contributed by atoms with Crippen LogP contribution in [0.4, 0.5) is 0 Å². The van der Waals surface area contributed by atoms with Crippen LogP contribution in [0.15, 0.2) is 0 Å². The van der Waals surface area contributed by atoms with Gasteiger partial charge in [0.15, 0.2) is 15.6 Å². The Morgan fingerprint density at radius 3 is 1.91 bits per heavy atom. The van der Waals surface area contributed by atoms with Gasteiger partial charge in [-0.25, -0.2) is 8.42 Å². The maximum atomic E-state index is 11.1. The average Bonchev–Trinajstić information content (AvgIpc) is 1.87. The molecule has 0 amide bonds. The number of alkyl halides is 2. The van der Waals surface area contributed by atoms with Crippen molar-refractivity contribution < 1.29 is 13.2 Å². The predicted molar refractivity (Wildman–Crippen MR) is 50.7 cm³/mol.